The van der Waals surface area contributed by atoms with Crippen LogP contribution in [0.2, 0.25) is 0 Å². The molecule has 110 valence electrons. The number of methoxy groups -OCH3 is 1. The highest BCUT2D eigenvalue weighted by Gasteiger charge is 2.13. The minimum atomic E-state index is -0.580. The lowest BCUT2D eigenvalue weighted by atomic mass is 10.2. The van der Waals surface area contributed by atoms with Gasteiger partial charge in [-0.05, 0) is 13.0 Å². The minimum absolute atomic E-state index is 0.00741. The van der Waals surface area contributed by atoms with Gasteiger partial charge in [-0.1, -0.05) is 18.2 Å². The minimum Gasteiger partial charge on any atom is -0.496 e. The summed E-state index contributed by atoms with van der Waals surface area (Å²) in [5, 5.41) is 0. The number of hydrogen-bond donors (Lipinski definition) is 0. The number of rotatable bonds is 4. The molecule has 0 atom stereocenters. The van der Waals surface area contributed by atoms with Crippen LogP contribution in [0.4, 0.5) is 0 Å². The maximum atomic E-state index is 12.1. The van der Waals surface area contributed by atoms with Gasteiger partial charge in [0.05, 0.1) is 19.2 Å². The summed E-state index contributed by atoms with van der Waals surface area (Å²) in [7, 11) is 2.90. The number of ketones is 1. The van der Waals surface area contributed by atoms with E-state index >= 15 is 0 Å². The van der Waals surface area contributed by atoms with E-state index in [1.807, 2.05) is 18.2 Å². The van der Waals surface area contributed by atoms with E-state index in [9.17, 15) is 14.4 Å². The Morgan fingerprint density at radius 3 is 2.52 bits per heavy atom. The Morgan fingerprint density at radius 1 is 1.24 bits per heavy atom. The molecule has 6 heteroatoms. The molecular weight excluding hydrogens is 272 g/mol. The van der Waals surface area contributed by atoms with Gasteiger partial charge in [0, 0.05) is 18.8 Å². The summed E-state index contributed by atoms with van der Waals surface area (Å²) in [6.45, 7) is 1.52. The van der Waals surface area contributed by atoms with E-state index in [0.29, 0.717) is 5.75 Å². The number of Topliss-reactive ketones (excluding diaryl/α,β-unsaturated/α-hetero) is 1. The van der Waals surface area contributed by atoms with Crippen molar-refractivity contribution < 1.29 is 9.53 Å². The van der Waals surface area contributed by atoms with Crippen molar-refractivity contribution in [2.75, 3.05) is 7.11 Å². The number of nitrogens with zero attached hydrogens (tertiary/aromatic N) is 2. The summed E-state index contributed by atoms with van der Waals surface area (Å²) in [4.78, 5) is 35.5. The highest BCUT2D eigenvalue weighted by atomic mass is 16.5. The van der Waals surface area contributed by atoms with Gasteiger partial charge in [-0.3, -0.25) is 18.7 Å². The second-order valence-corrected chi connectivity index (χ2v) is 4.69. The van der Waals surface area contributed by atoms with Gasteiger partial charge in [0.25, 0.3) is 5.56 Å². The van der Waals surface area contributed by atoms with Gasteiger partial charge in [0.2, 0.25) is 0 Å². The third kappa shape index (κ3) is 2.79. The number of benzene rings is 1. The lowest BCUT2D eigenvalue weighted by Gasteiger charge is -2.12. The average Bonchev–Trinajstić information content (AvgIpc) is 2.48. The van der Waals surface area contributed by atoms with Gasteiger partial charge in [0.15, 0.2) is 5.78 Å². The van der Waals surface area contributed by atoms with E-state index in [4.69, 9.17) is 4.74 Å². The lowest BCUT2D eigenvalue weighted by Crippen LogP contribution is -2.40. The van der Waals surface area contributed by atoms with Crippen LogP contribution in [0.5, 0.6) is 5.75 Å². The molecule has 0 N–H and O–H groups in total. The zero-order chi connectivity index (χ0) is 15.6. The third-order valence-corrected chi connectivity index (χ3v) is 3.27. The zero-order valence-corrected chi connectivity index (χ0v) is 12.1. The standard InChI is InChI=1S/C15H16N2O4/c1-10(18)12-9-17(15(20)16(2)14(12)19)8-11-6-4-5-7-13(11)21-3/h4-7,9H,8H2,1-3H3. The fraction of sp³-hybridized carbons (Fsp3) is 0.267. The molecule has 1 aromatic heterocycles. The number of aromatic nitrogens is 2. The molecule has 2 aromatic rings. The smallest absolute Gasteiger partial charge is 0.331 e. The van der Waals surface area contributed by atoms with Gasteiger partial charge < -0.3 is 4.74 Å². The summed E-state index contributed by atoms with van der Waals surface area (Å²) in [5.74, 6) is 0.270. The predicted octanol–water partition coefficient (Wildman–Crippen LogP) is 0.806. The van der Waals surface area contributed by atoms with E-state index in [1.165, 1.54) is 24.7 Å². The molecule has 1 aromatic carbocycles. The van der Waals surface area contributed by atoms with Crippen molar-refractivity contribution in [1.82, 2.24) is 9.13 Å². The van der Waals surface area contributed by atoms with E-state index in [2.05, 4.69) is 0 Å². The van der Waals surface area contributed by atoms with Gasteiger partial charge >= 0.3 is 5.69 Å². The topological polar surface area (TPSA) is 70.3 Å². The maximum absolute atomic E-state index is 12.1. The summed E-state index contributed by atoms with van der Waals surface area (Å²) in [6.07, 6.45) is 1.30. The molecule has 6 nitrogen and oxygen atoms in total. The van der Waals surface area contributed by atoms with E-state index < -0.39 is 11.2 Å². The van der Waals surface area contributed by atoms with Crippen molar-refractivity contribution in [2.45, 2.75) is 13.5 Å². The first-order valence-electron chi connectivity index (χ1n) is 6.39. The van der Waals surface area contributed by atoms with Crippen LogP contribution in [-0.4, -0.2) is 22.0 Å². The van der Waals surface area contributed by atoms with Crippen LogP contribution >= 0.6 is 0 Å². The normalized spacial score (nSPS) is 10.4. The quantitative estimate of drug-likeness (QED) is 0.781. The lowest BCUT2D eigenvalue weighted by molar-refractivity contribution is 0.101. The molecule has 0 bridgehead atoms. The van der Waals surface area contributed by atoms with Crippen LogP contribution in [0.1, 0.15) is 22.8 Å². The van der Waals surface area contributed by atoms with Crippen LogP contribution in [0.15, 0.2) is 40.1 Å². The van der Waals surface area contributed by atoms with Crippen LogP contribution in [-0.2, 0) is 13.6 Å². The van der Waals surface area contributed by atoms with Crippen molar-refractivity contribution in [3.8, 4) is 5.75 Å². The molecule has 0 aliphatic heterocycles. The first-order valence-corrected chi connectivity index (χ1v) is 6.39. The molecular formula is C15H16N2O4. The molecule has 0 aliphatic rings. The predicted molar refractivity (Wildman–Crippen MR) is 78.0 cm³/mol. The average molecular weight is 288 g/mol. The number of ether oxygens (including phenoxy) is 1. The van der Waals surface area contributed by atoms with E-state index in [-0.39, 0.29) is 17.9 Å². The summed E-state index contributed by atoms with van der Waals surface area (Å²) in [6, 6.07) is 7.27. The first-order chi connectivity index (χ1) is 9.95. The fourth-order valence-corrected chi connectivity index (χ4v) is 2.10. The summed E-state index contributed by atoms with van der Waals surface area (Å²) in [5.41, 5.74) is -0.276. The SMILES string of the molecule is COc1ccccc1Cn1cc(C(C)=O)c(=O)n(C)c1=O. The molecule has 0 radical (unpaired) electrons. The van der Waals surface area contributed by atoms with Crippen molar-refractivity contribution in [3.63, 3.8) is 0 Å². The molecule has 0 unspecified atom stereocenters. The fourth-order valence-electron chi connectivity index (χ4n) is 2.10. The molecule has 0 amide bonds. The number of carbonyl (C=O) groups excluding carboxylic acids is 1. The monoisotopic (exact) mass is 288 g/mol. The molecule has 0 fully saturated rings. The van der Waals surface area contributed by atoms with Crippen molar-refractivity contribution >= 4 is 5.78 Å². The van der Waals surface area contributed by atoms with Gasteiger partial charge in [-0.15, -0.1) is 0 Å². The van der Waals surface area contributed by atoms with Gasteiger partial charge in [0.1, 0.15) is 5.75 Å². The van der Waals surface area contributed by atoms with Crippen LogP contribution in [0.3, 0.4) is 0 Å². The molecule has 0 saturated carbocycles. The molecule has 1 heterocycles. The molecule has 2 rings (SSSR count). The Labute approximate surface area is 121 Å². The highest BCUT2D eigenvalue weighted by molar-refractivity contribution is 5.93. The second kappa shape index (κ2) is 5.78. The van der Waals surface area contributed by atoms with Crippen molar-refractivity contribution in [1.29, 1.82) is 0 Å². The molecule has 0 saturated heterocycles. The molecule has 21 heavy (non-hydrogen) atoms. The van der Waals surface area contributed by atoms with Gasteiger partial charge in [-0.25, -0.2) is 4.79 Å². The number of hydrogen-bond acceptors (Lipinski definition) is 4. The van der Waals surface area contributed by atoms with E-state index in [1.54, 1.807) is 13.2 Å². The molecule has 0 aliphatic carbocycles. The number of para-hydroxylation sites is 1. The highest BCUT2D eigenvalue weighted by Crippen LogP contribution is 2.17. The van der Waals surface area contributed by atoms with Crippen LogP contribution < -0.4 is 16.0 Å². The second-order valence-electron chi connectivity index (χ2n) is 4.69. The summed E-state index contributed by atoms with van der Waals surface area (Å²) < 4.78 is 7.50. The summed E-state index contributed by atoms with van der Waals surface area (Å²) >= 11 is 0. The van der Waals surface area contributed by atoms with Crippen LogP contribution in [0.25, 0.3) is 0 Å². The Balaban J connectivity index is 2.57. The number of carbonyl (C=O) groups is 1. The third-order valence-electron chi connectivity index (χ3n) is 3.27. The maximum Gasteiger partial charge on any atom is 0.331 e. The van der Waals surface area contributed by atoms with E-state index in [0.717, 1.165) is 10.1 Å². The van der Waals surface area contributed by atoms with Crippen molar-refractivity contribution in [2.24, 2.45) is 7.05 Å². The van der Waals surface area contributed by atoms with Gasteiger partial charge in [-0.2, -0.15) is 0 Å². The Kier molecular flexibility index (Phi) is 4.07. The zero-order valence-electron chi connectivity index (χ0n) is 12.1. The largest absolute Gasteiger partial charge is 0.496 e. The van der Waals surface area contributed by atoms with Crippen LogP contribution in [0, 0.1) is 0 Å². The van der Waals surface area contributed by atoms with Crippen molar-refractivity contribution in [3.05, 3.63) is 62.4 Å². The Morgan fingerprint density at radius 2 is 1.90 bits per heavy atom. The Hall–Kier alpha value is -2.63. The molecule has 0 spiro atoms. The first kappa shape index (κ1) is 14.8. The Bertz CT molecular complexity index is 802.